The maximum absolute atomic E-state index is 13.1. The third kappa shape index (κ3) is 5.05. The Morgan fingerprint density at radius 1 is 1.12 bits per heavy atom. The number of benzene rings is 1. The number of halogens is 2. The molecule has 0 saturated carbocycles. The minimum Gasteiger partial charge on any atom is -0.315 e. The van der Waals surface area contributed by atoms with Crippen LogP contribution in [0.25, 0.3) is 10.8 Å². The Bertz CT molecular complexity index is 786. The summed E-state index contributed by atoms with van der Waals surface area (Å²) in [7, 11) is -3.49. The van der Waals surface area contributed by atoms with Gasteiger partial charge in [0.05, 0.1) is 4.90 Å². The molecule has 8 heteroatoms. The number of hydrogen-bond acceptors (Lipinski definition) is 4. The van der Waals surface area contributed by atoms with Crippen molar-refractivity contribution in [3.63, 3.8) is 0 Å². The summed E-state index contributed by atoms with van der Waals surface area (Å²) in [4.78, 5) is 4.43. The van der Waals surface area contributed by atoms with E-state index in [0.29, 0.717) is 18.0 Å². The van der Waals surface area contributed by atoms with Gasteiger partial charge in [-0.2, -0.15) is 4.31 Å². The lowest BCUT2D eigenvalue weighted by Crippen LogP contribution is -2.44. The minimum atomic E-state index is -3.49. The zero-order valence-electron chi connectivity index (χ0n) is 14.2. The van der Waals surface area contributed by atoms with Crippen LogP contribution in [0.2, 0.25) is 0 Å². The molecule has 2 aromatic rings. The third-order valence-corrected chi connectivity index (χ3v) is 6.39. The van der Waals surface area contributed by atoms with Crippen LogP contribution in [0.15, 0.2) is 41.6 Å². The van der Waals surface area contributed by atoms with Gasteiger partial charge in [0.2, 0.25) is 10.0 Å². The van der Waals surface area contributed by atoms with E-state index in [-0.39, 0.29) is 30.9 Å². The van der Waals surface area contributed by atoms with Crippen LogP contribution < -0.4 is 5.32 Å². The number of fused-ring (bicyclic) bond motifs is 1. The second-order valence-electron chi connectivity index (χ2n) is 6.11. The lowest BCUT2D eigenvalue weighted by atomic mass is 10.2. The van der Waals surface area contributed by atoms with E-state index in [1.54, 1.807) is 28.8 Å². The van der Waals surface area contributed by atoms with Crippen LogP contribution >= 0.6 is 24.8 Å². The van der Waals surface area contributed by atoms with Crippen molar-refractivity contribution in [2.45, 2.75) is 37.1 Å². The molecule has 25 heavy (non-hydrogen) atoms. The summed E-state index contributed by atoms with van der Waals surface area (Å²) in [5.41, 5.74) is 0. The van der Waals surface area contributed by atoms with Crippen LogP contribution in [-0.2, 0) is 10.0 Å². The molecule has 1 N–H and O–H groups in total. The zero-order chi connectivity index (χ0) is 16.3. The van der Waals surface area contributed by atoms with Crippen LogP contribution in [0.4, 0.5) is 0 Å². The fourth-order valence-electron chi connectivity index (χ4n) is 3.04. The van der Waals surface area contributed by atoms with E-state index in [9.17, 15) is 8.42 Å². The van der Waals surface area contributed by atoms with Gasteiger partial charge in [-0.15, -0.1) is 24.8 Å². The lowest BCUT2D eigenvalue weighted by molar-refractivity contribution is 0.330. The molecular weight excluding hydrogens is 381 g/mol. The first-order valence-corrected chi connectivity index (χ1v) is 9.59. The highest BCUT2D eigenvalue weighted by molar-refractivity contribution is 7.89. The molecular formula is C17H25Cl2N3O2S. The number of nitrogens with one attached hydrogen (secondary N) is 1. The molecule has 140 valence electrons. The maximum Gasteiger partial charge on any atom is 0.243 e. The van der Waals surface area contributed by atoms with Crippen molar-refractivity contribution < 1.29 is 8.42 Å². The summed E-state index contributed by atoms with van der Waals surface area (Å²) in [5.74, 6) is 0. The predicted octanol–water partition coefficient (Wildman–Crippen LogP) is 3.23. The number of rotatable bonds is 2. The molecule has 1 aliphatic heterocycles. The van der Waals surface area contributed by atoms with Crippen molar-refractivity contribution in [3.8, 4) is 0 Å². The molecule has 1 saturated heterocycles. The van der Waals surface area contributed by atoms with E-state index < -0.39 is 10.0 Å². The summed E-state index contributed by atoms with van der Waals surface area (Å²) >= 11 is 0. The van der Waals surface area contributed by atoms with Crippen molar-refractivity contribution in [2.24, 2.45) is 0 Å². The van der Waals surface area contributed by atoms with E-state index in [1.165, 1.54) is 0 Å². The van der Waals surface area contributed by atoms with Crippen molar-refractivity contribution in [1.82, 2.24) is 14.6 Å². The van der Waals surface area contributed by atoms with Gasteiger partial charge in [-0.1, -0.05) is 12.5 Å². The first-order valence-electron chi connectivity index (χ1n) is 8.15. The topological polar surface area (TPSA) is 62.3 Å². The van der Waals surface area contributed by atoms with E-state index in [0.717, 1.165) is 36.6 Å². The van der Waals surface area contributed by atoms with Gasteiger partial charge in [0.1, 0.15) is 0 Å². The number of hydrogen-bond donors (Lipinski definition) is 1. The van der Waals surface area contributed by atoms with Gasteiger partial charge in [-0.05, 0) is 49.9 Å². The molecule has 1 unspecified atom stereocenters. The standard InChI is InChI=1S/C17H23N3O2S.2ClH/c1-14-12-18-8-3-2-4-10-20(14)23(21,22)17-6-5-16-13-19-9-7-15(16)11-17;;/h5-7,9,11,13-14,18H,2-4,8,10,12H2,1H3;2*1H. The normalized spacial score (nSPS) is 19.8. The molecule has 1 aromatic carbocycles. The molecule has 0 radical (unpaired) electrons. The number of nitrogens with zero attached hydrogens (tertiary/aromatic N) is 2. The smallest absolute Gasteiger partial charge is 0.243 e. The number of sulfonamides is 1. The van der Waals surface area contributed by atoms with E-state index in [1.807, 2.05) is 19.1 Å². The van der Waals surface area contributed by atoms with Gasteiger partial charge < -0.3 is 5.32 Å². The van der Waals surface area contributed by atoms with Gasteiger partial charge in [-0.3, -0.25) is 4.98 Å². The Morgan fingerprint density at radius 2 is 1.92 bits per heavy atom. The molecule has 0 spiro atoms. The summed E-state index contributed by atoms with van der Waals surface area (Å²) < 4.78 is 27.8. The number of pyridine rings is 1. The minimum absolute atomic E-state index is 0. The highest BCUT2D eigenvalue weighted by Crippen LogP contribution is 2.23. The first kappa shape index (κ1) is 22.1. The van der Waals surface area contributed by atoms with Gasteiger partial charge in [0.15, 0.2) is 0 Å². The fraction of sp³-hybridized carbons (Fsp3) is 0.471. The molecule has 0 amide bonds. The van der Waals surface area contributed by atoms with Gasteiger partial charge >= 0.3 is 0 Å². The van der Waals surface area contributed by atoms with Crippen LogP contribution in [0, 0.1) is 0 Å². The third-order valence-electron chi connectivity index (χ3n) is 4.38. The molecule has 1 aliphatic rings. The van der Waals surface area contributed by atoms with Crippen molar-refractivity contribution in [3.05, 3.63) is 36.7 Å². The molecule has 1 atom stereocenters. The van der Waals surface area contributed by atoms with Crippen LogP contribution in [0.3, 0.4) is 0 Å². The van der Waals surface area contributed by atoms with Gasteiger partial charge in [0, 0.05) is 36.9 Å². The predicted molar refractivity (Wildman–Crippen MR) is 106 cm³/mol. The maximum atomic E-state index is 13.1. The Hall–Kier alpha value is -0.920. The molecule has 5 nitrogen and oxygen atoms in total. The molecule has 0 bridgehead atoms. The quantitative estimate of drug-likeness (QED) is 0.832. The average Bonchev–Trinajstić information content (AvgIpc) is 2.66. The monoisotopic (exact) mass is 405 g/mol. The molecule has 3 rings (SSSR count). The lowest BCUT2D eigenvalue weighted by Gasteiger charge is -2.28. The van der Waals surface area contributed by atoms with Crippen molar-refractivity contribution in [2.75, 3.05) is 19.6 Å². The second-order valence-corrected chi connectivity index (χ2v) is 8.00. The van der Waals surface area contributed by atoms with Crippen molar-refractivity contribution >= 4 is 45.6 Å². The van der Waals surface area contributed by atoms with Crippen molar-refractivity contribution in [1.29, 1.82) is 0 Å². The Labute approximate surface area is 162 Å². The summed E-state index contributed by atoms with van der Waals surface area (Å²) in [6.45, 7) is 4.21. The van der Waals surface area contributed by atoms with Crippen LogP contribution in [0.1, 0.15) is 26.2 Å². The Morgan fingerprint density at radius 3 is 2.72 bits per heavy atom. The molecule has 0 aliphatic carbocycles. The Kier molecular flexibility index (Phi) is 8.57. The molecule has 1 aromatic heterocycles. The largest absolute Gasteiger partial charge is 0.315 e. The SMILES string of the molecule is CC1CNCCCCCN1S(=O)(=O)c1ccc2cnccc2c1.Cl.Cl. The zero-order valence-corrected chi connectivity index (χ0v) is 16.7. The number of aromatic nitrogens is 1. The summed E-state index contributed by atoms with van der Waals surface area (Å²) in [6.07, 6.45) is 6.49. The van der Waals surface area contributed by atoms with Gasteiger partial charge in [-0.25, -0.2) is 8.42 Å². The Balaban J connectivity index is 0.00000156. The van der Waals surface area contributed by atoms with Crippen LogP contribution in [-0.4, -0.2) is 43.4 Å². The average molecular weight is 406 g/mol. The van der Waals surface area contributed by atoms with E-state index in [4.69, 9.17) is 0 Å². The summed E-state index contributed by atoms with van der Waals surface area (Å²) in [5, 5.41) is 5.19. The highest BCUT2D eigenvalue weighted by atomic mass is 35.5. The van der Waals surface area contributed by atoms with Gasteiger partial charge in [0.25, 0.3) is 0 Å². The molecule has 1 fully saturated rings. The first-order chi connectivity index (χ1) is 11.1. The summed E-state index contributed by atoms with van der Waals surface area (Å²) in [6, 6.07) is 7.06. The van der Waals surface area contributed by atoms with E-state index >= 15 is 0 Å². The van der Waals surface area contributed by atoms with Crippen LogP contribution in [0.5, 0.6) is 0 Å². The van der Waals surface area contributed by atoms with E-state index in [2.05, 4.69) is 10.3 Å². The second kappa shape index (κ2) is 9.69. The highest BCUT2D eigenvalue weighted by Gasteiger charge is 2.29. The fourth-order valence-corrected chi connectivity index (χ4v) is 4.75. The molecule has 2 heterocycles.